The minimum absolute atomic E-state index is 0.136. The quantitative estimate of drug-likeness (QED) is 0.738. The number of methoxy groups -OCH3 is 1. The minimum Gasteiger partial charge on any atom is -0.479 e. The maximum Gasteiger partial charge on any atom is 0.334 e. The summed E-state index contributed by atoms with van der Waals surface area (Å²) in [6, 6.07) is 0. The van der Waals surface area contributed by atoms with Gasteiger partial charge in [0.15, 0.2) is 6.10 Å². The molecular formula is C12H15N5O4. The van der Waals surface area contributed by atoms with Crippen LogP contribution in [0.3, 0.4) is 0 Å². The van der Waals surface area contributed by atoms with Gasteiger partial charge in [0.25, 0.3) is 11.7 Å². The van der Waals surface area contributed by atoms with Gasteiger partial charge in [-0.15, -0.1) is 0 Å². The van der Waals surface area contributed by atoms with Gasteiger partial charge >= 0.3 is 5.97 Å². The van der Waals surface area contributed by atoms with E-state index in [0.29, 0.717) is 23.5 Å². The smallest absolute Gasteiger partial charge is 0.334 e. The molecule has 0 radical (unpaired) electrons. The molecule has 1 unspecified atom stereocenters. The Hall–Kier alpha value is -2.55. The lowest BCUT2D eigenvalue weighted by molar-refractivity contribution is -0.148. The van der Waals surface area contributed by atoms with Crippen LogP contribution in [0.25, 0.3) is 5.78 Å². The summed E-state index contributed by atoms with van der Waals surface area (Å²) in [5.74, 6) is -1.16. The summed E-state index contributed by atoms with van der Waals surface area (Å²) < 4.78 is 6.24. The number of ether oxygens (including phenoxy) is 1. The zero-order valence-electron chi connectivity index (χ0n) is 11.6. The summed E-state index contributed by atoms with van der Waals surface area (Å²) in [4.78, 5) is 31.0. The van der Waals surface area contributed by atoms with Gasteiger partial charge in [0.1, 0.15) is 6.33 Å². The zero-order chi connectivity index (χ0) is 15.4. The van der Waals surface area contributed by atoms with Crippen LogP contribution < -0.4 is 5.32 Å². The molecular weight excluding hydrogens is 278 g/mol. The molecule has 2 aromatic heterocycles. The standard InChI is InChI=1S/C12H15N5O4/c1-3-8-7(4-14-12-15-6-16-17(8)12)10(18)13-5-9(21-2)11(19)20/h4,6,9H,3,5H2,1-2H3,(H,13,18)(H,19,20). The van der Waals surface area contributed by atoms with Crippen molar-refractivity contribution in [2.75, 3.05) is 13.7 Å². The number of hydrogen-bond donors (Lipinski definition) is 2. The lowest BCUT2D eigenvalue weighted by atomic mass is 10.1. The Bertz CT molecular complexity index is 669. The second kappa shape index (κ2) is 6.27. The monoisotopic (exact) mass is 293 g/mol. The third-order valence-corrected chi connectivity index (χ3v) is 2.99. The number of nitrogens with one attached hydrogen (secondary N) is 1. The largest absolute Gasteiger partial charge is 0.479 e. The summed E-state index contributed by atoms with van der Waals surface area (Å²) in [7, 11) is 1.27. The molecule has 1 atom stereocenters. The number of rotatable bonds is 6. The van der Waals surface area contributed by atoms with Crippen LogP contribution >= 0.6 is 0 Å². The van der Waals surface area contributed by atoms with Crippen molar-refractivity contribution >= 4 is 17.7 Å². The van der Waals surface area contributed by atoms with Gasteiger partial charge in [-0.05, 0) is 6.42 Å². The fourth-order valence-electron chi connectivity index (χ4n) is 1.91. The summed E-state index contributed by atoms with van der Waals surface area (Å²) in [6.45, 7) is 1.74. The predicted molar refractivity (Wildman–Crippen MR) is 70.9 cm³/mol. The first-order valence-corrected chi connectivity index (χ1v) is 6.29. The highest BCUT2D eigenvalue weighted by Gasteiger charge is 2.20. The highest BCUT2D eigenvalue weighted by atomic mass is 16.5. The second-order valence-corrected chi connectivity index (χ2v) is 4.22. The number of carboxylic acids is 1. The SMILES string of the molecule is CCc1c(C(=O)NCC(OC)C(=O)O)cnc2ncnn12. The molecule has 112 valence electrons. The van der Waals surface area contributed by atoms with Crippen LogP contribution in [0.5, 0.6) is 0 Å². The van der Waals surface area contributed by atoms with E-state index in [2.05, 4.69) is 20.4 Å². The number of hydrogen-bond acceptors (Lipinski definition) is 6. The summed E-state index contributed by atoms with van der Waals surface area (Å²) in [6.07, 6.45) is 2.22. The van der Waals surface area contributed by atoms with Gasteiger partial charge in [-0.2, -0.15) is 10.1 Å². The molecule has 0 saturated heterocycles. The molecule has 0 aliphatic heterocycles. The Balaban J connectivity index is 2.21. The Morgan fingerprint density at radius 2 is 2.24 bits per heavy atom. The van der Waals surface area contributed by atoms with Gasteiger partial charge in [-0.3, -0.25) is 4.79 Å². The molecule has 2 aromatic rings. The molecule has 9 nitrogen and oxygen atoms in total. The van der Waals surface area contributed by atoms with E-state index in [1.807, 2.05) is 6.92 Å². The molecule has 2 heterocycles. The maximum absolute atomic E-state index is 12.2. The van der Waals surface area contributed by atoms with Crippen molar-refractivity contribution in [3.05, 3.63) is 23.8 Å². The molecule has 1 amide bonds. The molecule has 0 fully saturated rings. The topological polar surface area (TPSA) is 119 Å². The number of carbonyl (C=O) groups is 2. The van der Waals surface area contributed by atoms with Crippen LogP contribution in [0.1, 0.15) is 23.0 Å². The number of aliphatic carboxylic acids is 1. The van der Waals surface area contributed by atoms with Crippen LogP contribution in [0, 0.1) is 0 Å². The minimum atomic E-state index is -1.14. The van der Waals surface area contributed by atoms with Gasteiger partial charge in [0, 0.05) is 13.3 Å². The fraction of sp³-hybridized carbons (Fsp3) is 0.417. The Morgan fingerprint density at radius 3 is 2.86 bits per heavy atom. The highest BCUT2D eigenvalue weighted by Crippen LogP contribution is 2.09. The Labute approximate surface area is 120 Å². The van der Waals surface area contributed by atoms with E-state index in [4.69, 9.17) is 9.84 Å². The average molecular weight is 293 g/mol. The molecule has 0 bridgehead atoms. The lowest BCUT2D eigenvalue weighted by Crippen LogP contribution is -2.38. The third kappa shape index (κ3) is 2.97. The third-order valence-electron chi connectivity index (χ3n) is 2.99. The number of aromatic nitrogens is 4. The number of carbonyl (C=O) groups excluding carboxylic acids is 1. The normalized spacial score (nSPS) is 12.3. The Kier molecular flexibility index (Phi) is 4.43. The van der Waals surface area contributed by atoms with Gasteiger partial charge in [-0.25, -0.2) is 14.3 Å². The van der Waals surface area contributed by atoms with Gasteiger partial charge in [0.05, 0.1) is 17.8 Å². The number of fused-ring (bicyclic) bond motifs is 1. The van der Waals surface area contributed by atoms with Crippen LogP contribution in [0.15, 0.2) is 12.5 Å². The fourth-order valence-corrected chi connectivity index (χ4v) is 1.91. The van der Waals surface area contributed by atoms with E-state index in [1.54, 1.807) is 0 Å². The van der Waals surface area contributed by atoms with Gasteiger partial charge < -0.3 is 15.2 Å². The molecule has 0 aliphatic rings. The van der Waals surface area contributed by atoms with Crippen molar-refractivity contribution in [1.29, 1.82) is 0 Å². The van der Waals surface area contributed by atoms with E-state index >= 15 is 0 Å². The first-order valence-electron chi connectivity index (χ1n) is 6.29. The van der Waals surface area contributed by atoms with E-state index in [1.165, 1.54) is 24.1 Å². The van der Waals surface area contributed by atoms with E-state index in [0.717, 1.165) is 0 Å². The van der Waals surface area contributed by atoms with E-state index < -0.39 is 18.0 Å². The van der Waals surface area contributed by atoms with Crippen LogP contribution in [-0.4, -0.2) is 56.3 Å². The summed E-state index contributed by atoms with van der Waals surface area (Å²) in [5.41, 5.74) is 0.982. The van der Waals surface area contributed by atoms with Crippen LogP contribution in [0.4, 0.5) is 0 Å². The molecule has 9 heteroatoms. The number of nitrogens with zero attached hydrogens (tertiary/aromatic N) is 4. The first kappa shape index (κ1) is 14.9. The van der Waals surface area contributed by atoms with Crippen molar-refractivity contribution in [2.45, 2.75) is 19.4 Å². The number of amides is 1. The lowest BCUT2D eigenvalue weighted by Gasteiger charge is -2.13. The zero-order valence-corrected chi connectivity index (χ0v) is 11.6. The van der Waals surface area contributed by atoms with Crippen LogP contribution in [0.2, 0.25) is 0 Å². The van der Waals surface area contributed by atoms with Crippen molar-refractivity contribution < 1.29 is 19.4 Å². The molecule has 2 N–H and O–H groups in total. The van der Waals surface area contributed by atoms with Crippen molar-refractivity contribution in [3.8, 4) is 0 Å². The Morgan fingerprint density at radius 1 is 1.48 bits per heavy atom. The van der Waals surface area contributed by atoms with Gasteiger partial charge in [-0.1, -0.05) is 6.92 Å². The van der Waals surface area contributed by atoms with Crippen LogP contribution in [-0.2, 0) is 16.0 Å². The summed E-state index contributed by atoms with van der Waals surface area (Å²) in [5, 5.41) is 15.4. The molecule has 0 saturated carbocycles. The maximum atomic E-state index is 12.2. The molecule has 0 aromatic carbocycles. The number of carboxylic acid groups (broad SMARTS) is 1. The molecule has 0 aliphatic carbocycles. The molecule has 2 rings (SSSR count). The van der Waals surface area contributed by atoms with E-state index in [-0.39, 0.29) is 6.54 Å². The predicted octanol–water partition coefficient (Wildman–Crippen LogP) is -0.484. The molecule has 21 heavy (non-hydrogen) atoms. The second-order valence-electron chi connectivity index (χ2n) is 4.22. The van der Waals surface area contributed by atoms with Crippen molar-refractivity contribution in [1.82, 2.24) is 24.9 Å². The molecule has 0 spiro atoms. The van der Waals surface area contributed by atoms with Crippen molar-refractivity contribution in [2.24, 2.45) is 0 Å². The average Bonchev–Trinajstić information content (AvgIpc) is 2.94. The van der Waals surface area contributed by atoms with E-state index in [9.17, 15) is 9.59 Å². The highest BCUT2D eigenvalue weighted by molar-refractivity contribution is 5.95. The number of aryl methyl sites for hydroxylation is 1. The van der Waals surface area contributed by atoms with Crippen molar-refractivity contribution in [3.63, 3.8) is 0 Å². The summed E-state index contributed by atoms with van der Waals surface area (Å²) >= 11 is 0. The van der Waals surface area contributed by atoms with Gasteiger partial charge in [0.2, 0.25) is 0 Å². The first-order chi connectivity index (χ1) is 10.1.